The van der Waals surface area contributed by atoms with Crippen molar-refractivity contribution in [2.24, 2.45) is 0 Å². The number of rotatable bonds is 5. The van der Waals surface area contributed by atoms with Crippen LogP contribution in [0.25, 0.3) is 5.82 Å². The molecule has 0 spiro atoms. The van der Waals surface area contributed by atoms with Gasteiger partial charge >= 0.3 is 0 Å². The van der Waals surface area contributed by atoms with Crippen molar-refractivity contribution < 1.29 is 4.79 Å². The van der Waals surface area contributed by atoms with Crippen molar-refractivity contribution in [2.75, 3.05) is 42.9 Å². The zero-order chi connectivity index (χ0) is 22.0. The summed E-state index contributed by atoms with van der Waals surface area (Å²) in [6, 6.07) is 11.8. The van der Waals surface area contributed by atoms with Gasteiger partial charge in [0.1, 0.15) is 0 Å². The van der Waals surface area contributed by atoms with Crippen LogP contribution in [0.5, 0.6) is 0 Å². The van der Waals surface area contributed by atoms with Crippen LogP contribution in [0.3, 0.4) is 0 Å². The lowest BCUT2D eigenvalue weighted by molar-refractivity contribution is -0.117. The second-order valence-corrected chi connectivity index (χ2v) is 8.18. The predicted octanol–water partition coefficient (Wildman–Crippen LogP) is 3.26. The van der Waals surface area contributed by atoms with Crippen LogP contribution < -0.4 is 10.2 Å². The Kier molecular flexibility index (Phi) is 6.04. The number of carbonyl (C=O) groups excluding carboxylic acids is 1. The van der Waals surface area contributed by atoms with E-state index in [2.05, 4.69) is 40.0 Å². The van der Waals surface area contributed by atoms with Crippen LogP contribution in [0.1, 0.15) is 22.5 Å². The molecule has 0 aliphatic carbocycles. The molecular weight excluding hydrogens is 388 g/mol. The lowest BCUT2D eigenvalue weighted by Crippen LogP contribution is -2.49. The molecule has 4 rings (SSSR count). The summed E-state index contributed by atoms with van der Waals surface area (Å²) in [5.74, 6) is 0.869. The highest BCUT2D eigenvalue weighted by Crippen LogP contribution is 2.27. The molecule has 1 fully saturated rings. The van der Waals surface area contributed by atoms with E-state index in [0.717, 1.165) is 54.6 Å². The van der Waals surface area contributed by atoms with E-state index in [1.165, 1.54) is 11.3 Å². The first kappa shape index (κ1) is 21.1. The fourth-order valence-corrected chi connectivity index (χ4v) is 4.20. The van der Waals surface area contributed by atoms with Gasteiger partial charge < -0.3 is 10.2 Å². The number of piperazine rings is 1. The number of hydrogen-bond acceptors (Lipinski definition) is 5. The van der Waals surface area contributed by atoms with Crippen LogP contribution in [0, 0.1) is 27.7 Å². The number of aryl methyl sites for hydroxylation is 2. The maximum atomic E-state index is 12.6. The number of hydrogen-bond donors (Lipinski definition) is 1. The minimum absolute atomic E-state index is 0.0393. The minimum Gasteiger partial charge on any atom is -0.366 e. The Morgan fingerprint density at radius 1 is 1.00 bits per heavy atom. The Hall–Kier alpha value is -3.19. The number of pyridine rings is 1. The van der Waals surface area contributed by atoms with Crippen molar-refractivity contribution in [3.05, 3.63) is 65.1 Å². The molecule has 31 heavy (non-hydrogen) atoms. The Labute approximate surface area is 183 Å². The summed E-state index contributed by atoms with van der Waals surface area (Å²) < 4.78 is 1.91. The molecule has 0 saturated carbocycles. The lowest BCUT2D eigenvalue weighted by Gasteiger charge is -2.35. The molecule has 1 amide bonds. The number of benzene rings is 1. The smallest absolute Gasteiger partial charge is 0.238 e. The third kappa shape index (κ3) is 4.46. The first-order chi connectivity index (χ1) is 14.9. The zero-order valence-electron chi connectivity index (χ0n) is 18.7. The van der Waals surface area contributed by atoms with Gasteiger partial charge in [0, 0.05) is 38.1 Å². The number of aromatic nitrogens is 3. The fraction of sp³-hybridized carbons (Fsp3) is 0.375. The van der Waals surface area contributed by atoms with Crippen molar-refractivity contribution in [1.82, 2.24) is 19.7 Å². The zero-order valence-corrected chi connectivity index (χ0v) is 18.7. The van der Waals surface area contributed by atoms with Crippen LogP contribution in [-0.2, 0) is 4.79 Å². The third-order valence-electron chi connectivity index (χ3n) is 6.05. The molecular formula is C24H30N6O. The highest BCUT2D eigenvalue weighted by Gasteiger charge is 2.24. The number of amides is 1. The summed E-state index contributed by atoms with van der Waals surface area (Å²) in [5.41, 5.74) is 6.48. The van der Waals surface area contributed by atoms with E-state index in [1.807, 2.05) is 48.9 Å². The van der Waals surface area contributed by atoms with E-state index in [0.29, 0.717) is 6.54 Å². The van der Waals surface area contributed by atoms with Gasteiger partial charge in [-0.15, -0.1) is 0 Å². The highest BCUT2D eigenvalue weighted by molar-refractivity contribution is 5.93. The quantitative estimate of drug-likeness (QED) is 0.689. The molecule has 1 saturated heterocycles. The normalized spacial score (nSPS) is 14.6. The predicted molar refractivity (Wildman–Crippen MR) is 124 cm³/mol. The number of nitrogens with one attached hydrogen (secondary N) is 1. The molecule has 3 aromatic rings. The molecule has 0 bridgehead atoms. The largest absolute Gasteiger partial charge is 0.366 e. The summed E-state index contributed by atoms with van der Waals surface area (Å²) in [5, 5.41) is 7.79. The van der Waals surface area contributed by atoms with E-state index in [-0.39, 0.29) is 5.91 Å². The molecule has 1 aliphatic heterocycles. The summed E-state index contributed by atoms with van der Waals surface area (Å²) in [6.45, 7) is 12.1. The lowest BCUT2D eigenvalue weighted by atomic mass is 10.1. The molecule has 0 atom stereocenters. The molecule has 7 heteroatoms. The van der Waals surface area contributed by atoms with Gasteiger partial charge in [-0.1, -0.05) is 18.2 Å². The van der Waals surface area contributed by atoms with Crippen LogP contribution in [0.15, 0.2) is 42.6 Å². The van der Waals surface area contributed by atoms with E-state index >= 15 is 0 Å². The molecule has 1 aliphatic rings. The van der Waals surface area contributed by atoms with Crippen molar-refractivity contribution in [3.8, 4) is 5.82 Å². The summed E-state index contributed by atoms with van der Waals surface area (Å²) >= 11 is 0. The molecule has 2 aromatic heterocycles. The first-order valence-corrected chi connectivity index (χ1v) is 10.7. The number of nitrogens with zero attached hydrogens (tertiary/aromatic N) is 5. The van der Waals surface area contributed by atoms with Gasteiger partial charge in [0.15, 0.2) is 5.82 Å². The Morgan fingerprint density at radius 2 is 1.77 bits per heavy atom. The molecule has 0 radical (unpaired) electrons. The molecule has 0 unspecified atom stereocenters. The maximum Gasteiger partial charge on any atom is 0.238 e. The number of anilines is 2. The Balaban J connectivity index is 1.37. The summed E-state index contributed by atoms with van der Waals surface area (Å²) in [7, 11) is 0. The first-order valence-electron chi connectivity index (χ1n) is 10.7. The average molecular weight is 419 g/mol. The van der Waals surface area contributed by atoms with Crippen LogP contribution in [0.2, 0.25) is 0 Å². The van der Waals surface area contributed by atoms with E-state index in [1.54, 1.807) is 6.20 Å². The van der Waals surface area contributed by atoms with Crippen molar-refractivity contribution >= 4 is 17.3 Å². The van der Waals surface area contributed by atoms with Gasteiger partial charge in [0.2, 0.25) is 5.91 Å². The van der Waals surface area contributed by atoms with Crippen LogP contribution >= 0.6 is 0 Å². The Bertz CT molecular complexity index is 1070. The molecule has 1 N–H and O–H groups in total. The van der Waals surface area contributed by atoms with E-state index in [4.69, 9.17) is 5.10 Å². The van der Waals surface area contributed by atoms with Gasteiger partial charge in [-0.25, -0.2) is 9.67 Å². The van der Waals surface area contributed by atoms with E-state index in [9.17, 15) is 4.79 Å². The maximum absolute atomic E-state index is 12.6. The van der Waals surface area contributed by atoms with Crippen molar-refractivity contribution in [2.45, 2.75) is 27.7 Å². The highest BCUT2D eigenvalue weighted by atomic mass is 16.2. The van der Waals surface area contributed by atoms with Crippen molar-refractivity contribution in [3.63, 3.8) is 0 Å². The second kappa shape index (κ2) is 8.89. The van der Waals surface area contributed by atoms with Crippen LogP contribution in [0.4, 0.5) is 11.4 Å². The number of carbonyl (C=O) groups is 1. The molecule has 7 nitrogen and oxygen atoms in total. The summed E-state index contributed by atoms with van der Waals surface area (Å²) in [4.78, 5) is 21.6. The standard InChI is InChI=1S/C24H30N6O/c1-17-8-7-9-21(18(17)2)26-23(31)16-28-12-14-29(15-13-28)24-19(3)27-30(20(24)4)22-10-5-6-11-25-22/h5-11H,12-16H2,1-4H3,(H,26,31). The van der Waals surface area contributed by atoms with Gasteiger partial charge in [-0.05, 0) is 57.0 Å². The van der Waals surface area contributed by atoms with Crippen LogP contribution in [-0.4, -0.2) is 58.3 Å². The van der Waals surface area contributed by atoms with Gasteiger partial charge in [0.25, 0.3) is 0 Å². The monoisotopic (exact) mass is 418 g/mol. The second-order valence-electron chi connectivity index (χ2n) is 8.18. The minimum atomic E-state index is 0.0393. The van der Waals surface area contributed by atoms with Crippen molar-refractivity contribution in [1.29, 1.82) is 0 Å². The average Bonchev–Trinajstić information content (AvgIpc) is 3.07. The third-order valence-corrected chi connectivity index (χ3v) is 6.05. The van der Waals surface area contributed by atoms with Gasteiger partial charge in [-0.3, -0.25) is 9.69 Å². The van der Waals surface area contributed by atoms with Gasteiger partial charge in [0.05, 0.1) is 23.6 Å². The molecule has 162 valence electrons. The molecule has 3 heterocycles. The fourth-order valence-electron chi connectivity index (χ4n) is 4.20. The van der Waals surface area contributed by atoms with Gasteiger partial charge in [-0.2, -0.15) is 5.10 Å². The topological polar surface area (TPSA) is 66.3 Å². The summed E-state index contributed by atoms with van der Waals surface area (Å²) in [6.07, 6.45) is 1.79. The van der Waals surface area contributed by atoms with E-state index < -0.39 is 0 Å². The SMILES string of the molecule is Cc1cccc(NC(=O)CN2CCN(c3c(C)nn(-c4ccccn4)c3C)CC2)c1C. The molecule has 1 aromatic carbocycles. The Morgan fingerprint density at radius 3 is 2.48 bits per heavy atom.